The van der Waals surface area contributed by atoms with E-state index in [4.69, 9.17) is 4.74 Å². The van der Waals surface area contributed by atoms with Crippen molar-refractivity contribution in [2.45, 2.75) is 53.7 Å². The van der Waals surface area contributed by atoms with Gasteiger partial charge in [-0.3, -0.25) is 4.79 Å². The second-order valence-electron chi connectivity index (χ2n) is 6.51. The number of ether oxygens (including phenoxy) is 1. The van der Waals surface area contributed by atoms with E-state index in [9.17, 15) is 14.7 Å². The number of amides is 2. The van der Waals surface area contributed by atoms with Gasteiger partial charge in [0.1, 0.15) is 6.61 Å². The smallest absolute Gasteiger partial charge is 0.417 e. The van der Waals surface area contributed by atoms with E-state index in [-0.39, 0.29) is 36.3 Å². The maximum absolute atomic E-state index is 12.5. The Hall–Kier alpha value is -1.36. The van der Waals surface area contributed by atoms with Crippen LogP contribution in [0.2, 0.25) is 0 Å². The van der Waals surface area contributed by atoms with Gasteiger partial charge in [-0.15, -0.1) is 0 Å². The van der Waals surface area contributed by atoms with Gasteiger partial charge in [0.2, 0.25) is 0 Å². The van der Waals surface area contributed by atoms with E-state index >= 15 is 0 Å². The standard InChI is InChI=1S/C16H27NO4/c1-9(2)13-8-21-16(20)17(13)15(19)12(6)7-11(5)14(18)10(3)4/h7,9-11,13-14,18H,8H2,1-6H3/b12-7+/t11-,13+,14+/m0/s1. The number of hydrogen-bond acceptors (Lipinski definition) is 4. The number of aliphatic hydroxyl groups is 1. The van der Waals surface area contributed by atoms with Gasteiger partial charge in [-0.25, -0.2) is 9.69 Å². The Morgan fingerprint density at radius 2 is 1.90 bits per heavy atom. The molecule has 2 amide bonds. The number of cyclic esters (lactones) is 1. The highest BCUT2D eigenvalue weighted by molar-refractivity contribution is 6.03. The highest BCUT2D eigenvalue weighted by Gasteiger charge is 2.39. The highest BCUT2D eigenvalue weighted by atomic mass is 16.6. The monoisotopic (exact) mass is 297 g/mol. The average Bonchev–Trinajstić information content (AvgIpc) is 2.78. The summed E-state index contributed by atoms with van der Waals surface area (Å²) in [7, 11) is 0. The molecule has 1 aliphatic rings. The SMILES string of the molecule is C/C(=C\[C@H](C)[C@H](O)C(C)C)C(=O)N1C(=O)OC[C@@H]1C(C)C. The van der Waals surface area contributed by atoms with E-state index in [0.717, 1.165) is 0 Å². The van der Waals surface area contributed by atoms with Crippen molar-refractivity contribution in [3.63, 3.8) is 0 Å². The van der Waals surface area contributed by atoms with Gasteiger partial charge < -0.3 is 9.84 Å². The molecule has 3 atom stereocenters. The Morgan fingerprint density at radius 3 is 2.38 bits per heavy atom. The van der Waals surface area contributed by atoms with Gasteiger partial charge in [-0.05, 0) is 18.8 Å². The Labute approximate surface area is 127 Å². The second kappa shape index (κ2) is 7.07. The van der Waals surface area contributed by atoms with Gasteiger partial charge in [0.05, 0.1) is 12.1 Å². The van der Waals surface area contributed by atoms with Crippen LogP contribution in [-0.4, -0.2) is 40.8 Å². The van der Waals surface area contributed by atoms with Gasteiger partial charge in [0, 0.05) is 11.5 Å². The van der Waals surface area contributed by atoms with Crippen molar-refractivity contribution in [2.24, 2.45) is 17.8 Å². The molecule has 0 radical (unpaired) electrons. The molecule has 0 bridgehead atoms. The summed E-state index contributed by atoms with van der Waals surface area (Å²) in [6.45, 7) is 11.6. The summed E-state index contributed by atoms with van der Waals surface area (Å²) in [5.74, 6) is -0.227. The molecule has 1 saturated heterocycles. The number of aliphatic hydroxyl groups excluding tert-OH is 1. The molecule has 120 valence electrons. The molecule has 1 fully saturated rings. The quantitative estimate of drug-likeness (QED) is 0.792. The third-order valence-corrected chi connectivity index (χ3v) is 3.97. The molecule has 21 heavy (non-hydrogen) atoms. The number of nitrogens with zero attached hydrogens (tertiary/aromatic N) is 1. The maximum Gasteiger partial charge on any atom is 0.417 e. The first kappa shape index (κ1) is 17.7. The number of rotatable bonds is 5. The average molecular weight is 297 g/mol. The molecule has 0 unspecified atom stereocenters. The van der Waals surface area contributed by atoms with E-state index in [1.165, 1.54) is 4.90 Å². The van der Waals surface area contributed by atoms with Crippen molar-refractivity contribution >= 4 is 12.0 Å². The van der Waals surface area contributed by atoms with Crippen molar-refractivity contribution < 1.29 is 19.4 Å². The Morgan fingerprint density at radius 1 is 1.33 bits per heavy atom. The lowest BCUT2D eigenvalue weighted by atomic mass is 9.93. The maximum atomic E-state index is 12.5. The zero-order valence-electron chi connectivity index (χ0n) is 13.8. The van der Waals surface area contributed by atoms with Crippen molar-refractivity contribution in [3.05, 3.63) is 11.6 Å². The predicted molar refractivity (Wildman–Crippen MR) is 80.6 cm³/mol. The normalized spacial score (nSPS) is 22.7. The summed E-state index contributed by atoms with van der Waals surface area (Å²) < 4.78 is 4.99. The minimum atomic E-state index is -0.580. The van der Waals surface area contributed by atoms with Crippen LogP contribution in [0.25, 0.3) is 0 Å². The van der Waals surface area contributed by atoms with Crippen LogP contribution < -0.4 is 0 Å². The molecule has 1 rings (SSSR count). The Bertz CT molecular complexity index is 428. The van der Waals surface area contributed by atoms with E-state index in [2.05, 4.69) is 0 Å². The van der Waals surface area contributed by atoms with Gasteiger partial charge in [-0.2, -0.15) is 0 Å². The molecule has 1 heterocycles. The summed E-state index contributed by atoms with van der Waals surface area (Å²) in [4.78, 5) is 25.4. The molecular weight excluding hydrogens is 270 g/mol. The van der Waals surface area contributed by atoms with Crippen molar-refractivity contribution in [3.8, 4) is 0 Å². The molecule has 5 nitrogen and oxygen atoms in total. The number of carbonyl (C=O) groups excluding carboxylic acids is 2. The molecule has 0 saturated carbocycles. The third kappa shape index (κ3) is 4.06. The highest BCUT2D eigenvalue weighted by Crippen LogP contribution is 2.23. The Balaban J connectivity index is 2.88. The molecule has 1 aliphatic heterocycles. The molecule has 0 aliphatic carbocycles. The number of hydrogen-bond donors (Lipinski definition) is 1. The zero-order chi connectivity index (χ0) is 16.3. The van der Waals surface area contributed by atoms with Gasteiger partial charge in [0.25, 0.3) is 5.91 Å². The van der Waals surface area contributed by atoms with E-state index < -0.39 is 12.2 Å². The van der Waals surface area contributed by atoms with Crippen LogP contribution in [-0.2, 0) is 9.53 Å². The Kier molecular flexibility index (Phi) is 5.96. The van der Waals surface area contributed by atoms with E-state index in [1.807, 2.05) is 34.6 Å². The lowest BCUT2D eigenvalue weighted by Crippen LogP contribution is -2.42. The first-order chi connectivity index (χ1) is 9.66. The van der Waals surface area contributed by atoms with Crippen LogP contribution >= 0.6 is 0 Å². The largest absolute Gasteiger partial charge is 0.447 e. The number of carbonyl (C=O) groups is 2. The second-order valence-corrected chi connectivity index (χ2v) is 6.51. The third-order valence-electron chi connectivity index (χ3n) is 3.97. The summed E-state index contributed by atoms with van der Waals surface area (Å²) in [6.07, 6.45) is 0.637. The first-order valence-electron chi connectivity index (χ1n) is 7.53. The molecule has 5 heteroatoms. The fraction of sp³-hybridized carbons (Fsp3) is 0.750. The molecule has 0 aromatic heterocycles. The van der Waals surface area contributed by atoms with Gasteiger partial charge >= 0.3 is 6.09 Å². The van der Waals surface area contributed by atoms with Crippen molar-refractivity contribution in [2.75, 3.05) is 6.61 Å². The minimum Gasteiger partial charge on any atom is -0.447 e. The van der Waals surface area contributed by atoms with Crippen LogP contribution in [0.3, 0.4) is 0 Å². The zero-order valence-corrected chi connectivity index (χ0v) is 13.8. The molecule has 0 aromatic carbocycles. The lowest BCUT2D eigenvalue weighted by molar-refractivity contribution is -0.125. The van der Waals surface area contributed by atoms with Crippen LogP contribution in [0, 0.1) is 17.8 Å². The van der Waals surface area contributed by atoms with Crippen LogP contribution in [0.5, 0.6) is 0 Å². The van der Waals surface area contributed by atoms with Gasteiger partial charge in [-0.1, -0.05) is 40.7 Å². The van der Waals surface area contributed by atoms with Crippen molar-refractivity contribution in [1.82, 2.24) is 4.90 Å². The fourth-order valence-corrected chi connectivity index (χ4v) is 2.52. The number of imide groups is 1. The van der Waals surface area contributed by atoms with Crippen LogP contribution in [0.4, 0.5) is 4.79 Å². The molecule has 0 aromatic rings. The summed E-state index contributed by atoms with van der Waals surface area (Å²) >= 11 is 0. The fourth-order valence-electron chi connectivity index (χ4n) is 2.52. The topological polar surface area (TPSA) is 66.8 Å². The predicted octanol–water partition coefficient (Wildman–Crippen LogP) is 2.59. The van der Waals surface area contributed by atoms with Crippen LogP contribution in [0.1, 0.15) is 41.5 Å². The minimum absolute atomic E-state index is 0.110. The van der Waals surface area contributed by atoms with Crippen molar-refractivity contribution in [1.29, 1.82) is 0 Å². The molecular formula is C16H27NO4. The first-order valence-corrected chi connectivity index (χ1v) is 7.53. The lowest BCUT2D eigenvalue weighted by Gasteiger charge is -2.24. The molecule has 1 N–H and O–H groups in total. The van der Waals surface area contributed by atoms with Crippen LogP contribution in [0.15, 0.2) is 11.6 Å². The van der Waals surface area contributed by atoms with Gasteiger partial charge in [0.15, 0.2) is 0 Å². The van der Waals surface area contributed by atoms with E-state index in [1.54, 1.807) is 13.0 Å². The molecule has 0 spiro atoms. The summed E-state index contributed by atoms with van der Waals surface area (Å²) in [5.41, 5.74) is 0.465. The van der Waals surface area contributed by atoms with E-state index in [0.29, 0.717) is 5.57 Å². The summed E-state index contributed by atoms with van der Waals surface area (Å²) in [5, 5.41) is 10.0. The summed E-state index contributed by atoms with van der Waals surface area (Å²) in [6, 6.07) is -0.223.